The predicted octanol–water partition coefficient (Wildman–Crippen LogP) is 1.19. The molecule has 22 heavy (non-hydrogen) atoms. The second-order valence-corrected chi connectivity index (χ2v) is 5.95. The Kier molecular flexibility index (Phi) is 3.65. The molecule has 0 aliphatic rings. The van der Waals surface area contributed by atoms with Crippen LogP contribution in [-0.2, 0) is 16.8 Å². The molecule has 0 saturated carbocycles. The van der Waals surface area contributed by atoms with Crippen LogP contribution in [0.1, 0.15) is 5.56 Å². The van der Waals surface area contributed by atoms with Gasteiger partial charge in [0.25, 0.3) is 10.2 Å². The van der Waals surface area contributed by atoms with Crippen LogP contribution < -0.4 is 15.2 Å². The number of anilines is 2. The van der Waals surface area contributed by atoms with Gasteiger partial charge in [0.05, 0.1) is 5.39 Å². The minimum Gasteiger partial charge on any atom is -0.365 e. The number of hydrogen-bond donors (Lipinski definition) is 4. The van der Waals surface area contributed by atoms with Crippen molar-refractivity contribution in [3.8, 4) is 0 Å². The number of rotatable bonds is 5. The minimum absolute atomic E-state index is 0.418. The molecule has 0 radical (unpaired) electrons. The number of H-pyrrole nitrogens is 1. The third-order valence-electron chi connectivity index (χ3n) is 3.03. The van der Waals surface area contributed by atoms with Crippen LogP contribution in [0, 0.1) is 0 Å². The van der Waals surface area contributed by atoms with Crippen LogP contribution in [0.4, 0.5) is 11.5 Å². The molecule has 9 heteroatoms. The number of fused-ring (bicyclic) bond motifs is 1. The maximum atomic E-state index is 10.9. The van der Waals surface area contributed by atoms with Crippen molar-refractivity contribution in [2.75, 3.05) is 10.0 Å². The van der Waals surface area contributed by atoms with Crippen molar-refractivity contribution in [2.24, 2.45) is 5.14 Å². The van der Waals surface area contributed by atoms with Crippen molar-refractivity contribution in [1.82, 2.24) is 15.0 Å². The quantitative estimate of drug-likeness (QED) is 0.562. The molecule has 0 unspecified atom stereocenters. The summed E-state index contributed by atoms with van der Waals surface area (Å²) in [7, 11) is -3.75. The largest absolute Gasteiger partial charge is 0.365 e. The topological polar surface area (TPSA) is 126 Å². The van der Waals surface area contributed by atoms with Gasteiger partial charge >= 0.3 is 0 Å². The van der Waals surface area contributed by atoms with Crippen molar-refractivity contribution < 1.29 is 8.42 Å². The number of aromatic amines is 1. The summed E-state index contributed by atoms with van der Waals surface area (Å²) in [5, 5.41) is 9.05. The second-order valence-electron chi connectivity index (χ2n) is 4.66. The van der Waals surface area contributed by atoms with Gasteiger partial charge in [-0.2, -0.15) is 8.42 Å². The molecule has 0 bridgehead atoms. The van der Waals surface area contributed by atoms with Crippen molar-refractivity contribution in [1.29, 1.82) is 0 Å². The van der Waals surface area contributed by atoms with Crippen molar-refractivity contribution in [3.63, 3.8) is 0 Å². The zero-order valence-corrected chi connectivity index (χ0v) is 12.3. The highest BCUT2D eigenvalue weighted by Crippen LogP contribution is 2.18. The Morgan fingerprint density at radius 3 is 2.64 bits per heavy atom. The molecule has 3 rings (SSSR count). The molecule has 1 aromatic carbocycles. The number of nitrogens with one attached hydrogen (secondary N) is 3. The van der Waals surface area contributed by atoms with Gasteiger partial charge in [0.15, 0.2) is 0 Å². The number of benzene rings is 1. The van der Waals surface area contributed by atoms with Crippen LogP contribution in [0.15, 0.2) is 42.9 Å². The number of nitrogens with zero attached hydrogens (tertiary/aromatic N) is 2. The summed E-state index contributed by atoms with van der Waals surface area (Å²) in [5.74, 6) is 0.734. The smallest absolute Gasteiger partial charge is 0.296 e. The first-order chi connectivity index (χ1) is 10.5. The molecule has 0 fully saturated rings. The van der Waals surface area contributed by atoms with Crippen LogP contribution in [0.2, 0.25) is 0 Å². The fraction of sp³-hybridized carbons (Fsp3) is 0.0769. The van der Waals surface area contributed by atoms with Gasteiger partial charge < -0.3 is 10.3 Å². The lowest BCUT2D eigenvalue weighted by Gasteiger charge is -2.08. The maximum absolute atomic E-state index is 10.9. The Morgan fingerprint density at radius 1 is 1.14 bits per heavy atom. The molecule has 3 aromatic rings. The first-order valence-corrected chi connectivity index (χ1v) is 7.97. The molecule has 2 heterocycles. The SMILES string of the molecule is NS(=O)(=O)Nc1ccc(CNc2ncnc3[nH]ccc23)cc1. The van der Waals surface area contributed by atoms with E-state index in [2.05, 4.69) is 25.0 Å². The van der Waals surface area contributed by atoms with Gasteiger partial charge in [0.2, 0.25) is 0 Å². The van der Waals surface area contributed by atoms with Crippen molar-refractivity contribution in [3.05, 3.63) is 48.4 Å². The Morgan fingerprint density at radius 2 is 1.91 bits per heavy atom. The van der Waals surface area contributed by atoms with E-state index >= 15 is 0 Å². The molecule has 8 nitrogen and oxygen atoms in total. The summed E-state index contributed by atoms with van der Waals surface area (Å²) in [5.41, 5.74) is 2.16. The molecular weight excluding hydrogens is 304 g/mol. The van der Waals surface area contributed by atoms with Crippen LogP contribution in [-0.4, -0.2) is 23.4 Å². The van der Waals surface area contributed by atoms with Crippen molar-refractivity contribution in [2.45, 2.75) is 6.54 Å². The molecule has 0 aliphatic heterocycles. The Hall–Kier alpha value is -2.65. The molecule has 0 atom stereocenters. The summed E-state index contributed by atoms with van der Waals surface area (Å²) in [4.78, 5) is 11.3. The molecule has 0 saturated heterocycles. The molecule has 0 amide bonds. The van der Waals surface area contributed by atoms with Gasteiger partial charge in [-0.25, -0.2) is 15.1 Å². The van der Waals surface area contributed by atoms with E-state index in [1.807, 2.05) is 6.07 Å². The number of hydrogen-bond acceptors (Lipinski definition) is 5. The van der Waals surface area contributed by atoms with E-state index in [9.17, 15) is 8.42 Å². The average Bonchev–Trinajstić information content (AvgIpc) is 2.94. The van der Waals surface area contributed by atoms with Crippen molar-refractivity contribution >= 4 is 32.7 Å². The molecule has 0 aliphatic carbocycles. The highest BCUT2D eigenvalue weighted by molar-refractivity contribution is 7.90. The Bertz CT molecular complexity index is 888. The first-order valence-electron chi connectivity index (χ1n) is 6.43. The first kappa shape index (κ1) is 14.3. The van der Waals surface area contributed by atoms with E-state index in [0.29, 0.717) is 12.2 Å². The van der Waals surface area contributed by atoms with Gasteiger partial charge in [-0.3, -0.25) is 4.72 Å². The summed E-state index contributed by atoms with van der Waals surface area (Å²) >= 11 is 0. The summed E-state index contributed by atoms with van der Waals surface area (Å²) in [6, 6.07) is 8.80. The molecule has 2 aromatic heterocycles. The summed E-state index contributed by atoms with van der Waals surface area (Å²) in [6.07, 6.45) is 3.29. The zero-order chi connectivity index (χ0) is 15.6. The average molecular weight is 318 g/mol. The normalized spacial score (nSPS) is 11.5. The zero-order valence-electron chi connectivity index (χ0n) is 11.4. The third kappa shape index (κ3) is 3.32. The van der Waals surface area contributed by atoms with E-state index in [1.165, 1.54) is 6.33 Å². The number of nitrogens with two attached hydrogens (primary N) is 1. The lowest BCUT2D eigenvalue weighted by molar-refractivity contribution is 0.603. The van der Waals surface area contributed by atoms with Crippen LogP contribution in [0.5, 0.6) is 0 Å². The molecular formula is C13H14N6O2S. The molecule has 0 spiro atoms. The van der Waals surface area contributed by atoms with E-state index in [4.69, 9.17) is 5.14 Å². The summed E-state index contributed by atoms with van der Waals surface area (Å²) < 4.78 is 24.1. The molecule has 5 N–H and O–H groups in total. The molecule has 114 valence electrons. The van der Waals surface area contributed by atoms with E-state index < -0.39 is 10.2 Å². The van der Waals surface area contributed by atoms with Gasteiger partial charge in [0.1, 0.15) is 17.8 Å². The Labute approximate surface area is 127 Å². The van der Waals surface area contributed by atoms with Gasteiger partial charge in [0, 0.05) is 18.4 Å². The fourth-order valence-corrected chi connectivity index (χ4v) is 2.52. The third-order valence-corrected chi connectivity index (χ3v) is 3.55. The minimum atomic E-state index is -3.75. The monoisotopic (exact) mass is 318 g/mol. The van der Waals surface area contributed by atoms with Crippen LogP contribution >= 0.6 is 0 Å². The van der Waals surface area contributed by atoms with Crippen LogP contribution in [0.3, 0.4) is 0 Å². The second kappa shape index (κ2) is 5.62. The lowest BCUT2D eigenvalue weighted by atomic mass is 10.2. The van der Waals surface area contributed by atoms with Gasteiger partial charge in [-0.1, -0.05) is 12.1 Å². The fourth-order valence-electron chi connectivity index (χ4n) is 2.05. The highest BCUT2D eigenvalue weighted by Gasteiger charge is 2.05. The van der Waals surface area contributed by atoms with Gasteiger partial charge in [-0.15, -0.1) is 0 Å². The Balaban J connectivity index is 1.70. The van der Waals surface area contributed by atoms with E-state index in [0.717, 1.165) is 22.4 Å². The number of aromatic nitrogens is 3. The van der Waals surface area contributed by atoms with E-state index in [1.54, 1.807) is 30.5 Å². The predicted molar refractivity (Wildman–Crippen MR) is 84.4 cm³/mol. The maximum Gasteiger partial charge on any atom is 0.296 e. The lowest BCUT2D eigenvalue weighted by Crippen LogP contribution is -2.21. The van der Waals surface area contributed by atoms with E-state index in [-0.39, 0.29) is 0 Å². The highest BCUT2D eigenvalue weighted by atomic mass is 32.2. The van der Waals surface area contributed by atoms with Crippen LogP contribution in [0.25, 0.3) is 11.0 Å². The van der Waals surface area contributed by atoms with Gasteiger partial charge in [-0.05, 0) is 23.8 Å². The standard InChI is InChI=1S/C13H14N6O2S/c14-22(20,21)19-10-3-1-9(2-4-10)7-16-13-11-5-6-15-12(11)17-8-18-13/h1-6,8,19H,7H2,(H2,14,20,21)(H2,15,16,17,18). The summed E-state index contributed by atoms with van der Waals surface area (Å²) in [6.45, 7) is 0.549.